The van der Waals surface area contributed by atoms with Gasteiger partial charge in [-0.15, -0.1) is 0 Å². The molecular weight excluding hydrogens is 264 g/mol. The number of carbonyl (C=O) groups excluding carboxylic acids is 2. The summed E-state index contributed by atoms with van der Waals surface area (Å²) in [4.78, 5) is 26.3. The van der Waals surface area contributed by atoms with Crippen LogP contribution in [0.4, 0.5) is 5.82 Å². The quantitative estimate of drug-likeness (QED) is 0.670. The van der Waals surface area contributed by atoms with Gasteiger partial charge >= 0.3 is 5.97 Å². The average Bonchev–Trinajstić information content (AvgIpc) is 2.36. The molecule has 1 heterocycles. The first-order chi connectivity index (χ1) is 9.36. The van der Waals surface area contributed by atoms with E-state index in [4.69, 9.17) is 0 Å². The van der Waals surface area contributed by atoms with E-state index in [1.165, 1.54) is 19.1 Å². The molecule has 7 nitrogen and oxygen atoms in total. The van der Waals surface area contributed by atoms with Gasteiger partial charge in [0.15, 0.2) is 6.10 Å². The maximum Gasteiger partial charge on any atom is 0.338 e. The van der Waals surface area contributed by atoms with E-state index in [9.17, 15) is 19.8 Å². The topological polar surface area (TPSA) is 109 Å². The minimum Gasteiger partial charge on any atom is -0.464 e. The molecule has 2 unspecified atom stereocenters. The number of rotatable bonds is 5. The van der Waals surface area contributed by atoms with Crippen LogP contribution in [0.5, 0.6) is 0 Å². The molecule has 2 atom stereocenters. The highest BCUT2D eigenvalue weighted by Crippen LogP contribution is 2.22. The molecule has 0 radical (unpaired) electrons. The van der Waals surface area contributed by atoms with Crippen LogP contribution in [-0.4, -0.2) is 39.8 Å². The van der Waals surface area contributed by atoms with Crippen LogP contribution in [0.1, 0.15) is 31.2 Å². The molecule has 3 N–H and O–H groups in total. The molecule has 7 heteroatoms. The van der Waals surface area contributed by atoms with Crippen LogP contribution in [0, 0.1) is 6.92 Å². The van der Waals surface area contributed by atoms with Gasteiger partial charge in [0, 0.05) is 18.2 Å². The Balaban J connectivity index is 2.90. The summed E-state index contributed by atoms with van der Waals surface area (Å²) >= 11 is 0. The van der Waals surface area contributed by atoms with Gasteiger partial charge in [0.25, 0.3) is 0 Å². The molecule has 1 amide bonds. The number of aryl methyl sites for hydroxylation is 1. The summed E-state index contributed by atoms with van der Waals surface area (Å²) in [7, 11) is 0. The molecular formula is C13H18N2O5. The molecule has 1 aromatic rings. The minimum absolute atomic E-state index is 0.112. The van der Waals surface area contributed by atoms with Crippen molar-refractivity contribution in [3.05, 3.63) is 23.4 Å². The van der Waals surface area contributed by atoms with Crippen LogP contribution in [-0.2, 0) is 14.3 Å². The number of hydrogen-bond donors (Lipinski definition) is 3. The van der Waals surface area contributed by atoms with E-state index in [2.05, 4.69) is 15.0 Å². The molecule has 0 fully saturated rings. The van der Waals surface area contributed by atoms with E-state index in [0.29, 0.717) is 17.1 Å². The number of aliphatic hydroxyl groups excluding tert-OH is 2. The second-order valence-corrected chi connectivity index (χ2v) is 4.19. The summed E-state index contributed by atoms with van der Waals surface area (Å²) in [5, 5.41) is 22.1. The fraction of sp³-hybridized carbons (Fsp3) is 0.462. The zero-order valence-electron chi connectivity index (χ0n) is 11.6. The number of hydrogen-bond acceptors (Lipinski definition) is 6. The maximum atomic E-state index is 11.4. The highest BCUT2D eigenvalue weighted by atomic mass is 16.5. The Kier molecular flexibility index (Phi) is 5.60. The molecule has 0 aromatic carbocycles. The third kappa shape index (κ3) is 4.01. The first kappa shape index (κ1) is 16.1. The number of esters is 1. The van der Waals surface area contributed by atoms with Crippen molar-refractivity contribution in [3.8, 4) is 0 Å². The molecule has 0 bridgehead atoms. The summed E-state index contributed by atoms with van der Waals surface area (Å²) in [6, 6.07) is 2.96. The Labute approximate surface area is 116 Å². The van der Waals surface area contributed by atoms with Gasteiger partial charge in [-0.1, -0.05) is 6.07 Å². The number of aromatic nitrogens is 1. The third-order valence-corrected chi connectivity index (χ3v) is 2.58. The van der Waals surface area contributed by atoms with Crippen LogP contribution >= 0.6 is 0 Å². The third-order valence-electron chi connectivity index (χ3n) is 2.58. The van der Waals surface area contributed by atoms with Crippen molar-refractivity contribution >= 4 is 17.7 Å². The standard InChI is InChI=1S/C13H18N2O5/c1-4-20-13(19)12(18)11(17)9-5-6-10(14-7(9)2)15-8(3)16/h5-6,11-12,17-18H,4H2,1-3H3,(H,14,15,16). The largest absolute Gasteiger partial charge is 0.464 e. The Morgan fingerprint density at radius 2 is 2.05 bits per heavy atom. The van der Waals surface area contributed by atoms with Crippen LogP contribution in [0.2, 0.25) is 0 Å². The summed E-state index contributed by atoms with van der Waals surface area (Å²) in [6.07, 6.45) is -3.12. The predicted octanol–water partition coefficient (Wildman–Crippen LogP) is 0.306. The molecule has 0 saturated heterocycles. The molecule has 0 saturated carbocycles. The smallest absolute Gasteiger partial charge is 0.338 e. The van der Waals surface area contributed by atoms with Crippen LogP contribution in [0.3, 0.4) is 0 Å². The second kappa shape index (κ2) is 6.97. The second-order valence-electron chi connectivity index (χ2n) is 4.19. The van der Waals surface area contributed by atoms with E-state index in [1.54, 1.807) is 13.8 Å². The average molecular weight is 282 g/mol. The maximum absolute atomic E-state index is 11.4. The number of pyridine rings is 1. The summed E-state index contributed by atoms with van der Waals surface area (Å²) in [5.74, 6) is -0.835. The highest BCUT2D eigenvalue weighted by molar-refractivity contribution is 5.87. The molecule has 0 aliphatic carbocycles. The molecule has 0 spiro atoms. The van der Waals surface area contributed by atoms with E-state index in [0.717, 1.165) is 0 Å². The van der Waals surface area contributed by atoms with Gasteiger partial charge < -0.3 is 20.3 Å². The lowest BCUT2D eigenvalue weighted by Crippen LogP contribution is -2.30. The molecule has 0 aliphatic rings. The summed E-state index contributed by atoms with van der Waals surface area (Å²) in [5.41, 5.74) is 0.687. The lowest BCUT2D eigenvalue weighted by atomic mass is 10.0. The summed E-state index contributed by atoms with van der Waals surface area (Å²) < 4.78 is 4.64. The van der Waals surface area contributed by atoms with Crippen molar-refractivity contribution in [2.24, 2.45) is 0 Å². The number of anilines is 1. The van der Waals surface area contributed by atoms with Crippen molar-refractivity contribution in [3.63, 3.8) is 0 Å². The zero-order chi connectivity index (χ0) is 15.3. The Morgan fingerprint density at radius 1 is 1.40 bits per heavy atom. The van der Waals surface area contributed by atoms with Crippen LogP contribution in [0.25, 0.3) is 0 Å². The summed E-state index contributed by atoms with van der Waals surface area (Å²) in [6.45, 7) is 4.67. The first-order valence-electron chi connectivity index (χ1n) is 6.14. The minimum atomic E-state index is -1.68. The lowest BCUT2D eigenvalue weighted by Gasteiger charge is -2.18. The van der Waals surface area contributed by atoms with Gasteiger partial charge in [0.05, 0.1) is 6.61 Å². The number of nitrogens with one attached hydrogen (secondary N) is 1. The molecule has 1 aromatic heterocycles. The van der Waals surface area contributed by atoms with Crippen molar-refractivity contribution in [2.75, 3.05) is 11.9 Å². The van der Waals surface area contributed by atoms with Crippen molar-refractivity contribution in [1.29, 1.82) is 0 Å². The van der Waals surface area contributed by atoms with Crippen molar-refractivity contribution < 1.29 is 24.5 Å². The Morgan fingerprint density at radius 3 is 2.55 bits per heavy atom. The number of aliphatic hydroxyl groups is 2. The van der Waals surface area contributed by atoms with Crippen LogP contribution < -0.4 is 5.32 Å². The van der Waals surface area contributed by atoms with E-state index >= 15 is 0 Å². The van der Waals surface area contributed by atoms with Crippen LogP contribution in [0.15, 0.2) is 12.1 Å². The molecule has 20 heavy (non-hydrogen) atoms. The fourth-order valence-corrected chi connectivity index (χ4v) is 1.66. The number of ether oxygens (including phenoxy) is 1. The van der Waals surface area contributed by atoms with E-state index in [1.807, 2.05) is 0 Å². The number of amides is 1. The number of carbonyl (C=O) groups is 2. The normalized spacial score (nSPS) is 13.4. The number of nitrogens with zero attached hydrogens (tertiary/aromatic N) is 1. The van der Waals surface area contributed by atoms with Crippen molar-refractivity contribution in [1.82, 2.24) is 4.98 Å². The highest BCUT2D eigenvalue weighted by Gasteiger charge is 2.28. The monoisotopic (exact) mass is 282 g/mol. The van der Waals surface area contributed by atoms with Gasteiger partial charge in [-0.05, 0) is 19.9 Å². The van der Waals surface area contributed by atoms with Gasteiger partial charge in [0.1, 0.15) is 11.9 Å². The van der Waals surface area contributed by atoms with Gasteiger partial charge in [-0.3, -0.25) is 4.79 Å². The zero-order valence-corrected chi connectivity index (χ0v) is 11.6. The molecule has 0 aliphatic heterocycles. The fourth-order valence-electron chi connectivity index (χ4n) is 1.66. The predicted molar refractivity (Wildman–Crippen MR) is 70.9 cm³/mol. The van der Waals surface area contributed by atoms with Gasteiger partial charge in [0.2, 0.25) is 5.91 Å². The Bertz CT molecular complexity index is 504. The molecule has 110 valence electrons. The van der Waals surface area contributed by atoms with Gasteiger partial charge in [-0.25, -0.2) is 9.78 Å². The van der Waals surface area contributed by atoms with E-state index in [-0.39, 0.29) is 12.5 Å². The van der Waals surface area contributed by atoms with Crippen molar-refractivity contribution in [2.45, 2.75) is 33.0 Å². The Hall–Kier alpha value is -1.99. The first-order valence-corrected chi connectivity index (χ1v) is 6.14. The lowest BCUT2D eigenvalue weighted by molar-refractivity contribution is -0.159. The van der Waals surface area contributed by atoms with E-state index < -0.39 is 18.2 Å². The SMILES string of the molecule is CCOC(=O)C(O)C(O)c1ccc(NC(C)=O)nc1C. The van der Waals surface area contributed by atoms with Gasteiger partial charge in [-0.2, -0.15) is 0 Å². The molecule has 1 rings (SSSR count).